The van der Waals surface area contributed by atoms with Crippen molar-refractivity contribution in [2.24, 2.45) is 5.73 Å². The van der Waals surface area contributed by atoms with Gasteiger partial charge in [-0.3, -0.25) is 0 Å². The summed E-state index contributed by atoms with van der Waals surface area (Å²) in [5.41, 5.74) is 9.11. The molecule has 0 aliphatic rings. The fraction of sp³-hybridized carbons (Fsp3) is 0.0909. The maximum Gasteiger partial charge on any atom is 0.181 e. The first kappa shape index (κ1) is 10.9. The Kier molecular flexibility index (Phi) is 2.70. The lowest BCUT2D eigenvalue weighted by Gasteiger charge is -1.94. The molecule has 2 aromatic heterocycles. The fourth-order valence-electron chi connectivity index (χ4n) is 1.57. The van der Waals surface area contributed by atoms with Crippen LogP contribution in [0.1, 0.15) is 5.69 Å². The molecule has 0 fully saturated rings. The molecule has 3 aromatic rings. The number of rotatable bonds is 2. The van der Waals surface area contributed by atoms with Crippen LogP contribution in [0.2, 0.25) is 0 Å². The monoisotopic (exact) mass is 309 g/mol. The number of thiazole rings is 1. The second kappa shape index (κ2) is 4.21. The highest BCUT2D eigenvalue weighted by Crippen LogP contribution is 2.33. The molecular formula is C11H8BrN3OS. The lowest BCUT2D eigenvalue weighted by atomic mass is 10.2. The number of oxazole rings is 1. The molecule has 0 amide bonds. The van der Waals surface area contributed by atoms with Gasteiger partial charge in [-0.2, -0.15) is 0 Å². The number of hydrogen-bond acceptors (Lipinski definition) is 5. The van der Waals surface area contributed by atoms with Gasteiger partial charge in [0.25, 0.3) is 0 Å². The van der Waals surface area contributed by atoms with Crippen molar-refractivity contribution in [1.82, 2.24) is 9.97 Å². The molecule has 6 heteroatoms. The summed E-state index contributed by atoms with van der Waals surface area (Å²) in [5.74, 6) is 0. The third kappa shape index (κ3) is 1.88. The van der Waals surface area contributed by atoms with Crippen molar-refractivity contribution in [3.8, 4) is 10.6 Å². The highest BCUT2D eigenvalue weighted by Gasteiger charge is 2.10. The van der Waals surface area contributed by atoms with Gasteiger partial charge in [0.1, 0.15) is 10.5 Å². The van der Waals surface area contributed by atoms with Crippen molar-refractivity contribution >= 4 is 38.4 Å². The van der Waals surface area contributed by atoms with Crippen LogP contribution in [0.25, 0.3) is 21.7 Å². The average molecular weight is 310 g/mol. The summed E-state index contributed by atoms with van der Waals surface area (Å²) in [6.07, 6.45) is 1.44. The number of aromatic nitrogens is 2. The quantitative estimate of drug-likeness (QED) is 0.789. The van der Waals surface area contributed by atoms with Crippen molar-refractivity contribution in [3.05, 3.63) is 34.1 Å². The molecule has 0 radical (unpaired) electrons. The number of nitrogens with zero attached hydrogens (tertiary/aromatic N) is 2. The van der Waals surface area contributed by atoms with Crippen LogP contribution in [0.5, 0.6) is 0 Å². The molecule has 0 aliphatic heterocycles. The second-order valence-electron chi connectivity index (χ2n) is 3.48. The Hall–Kier alpha value is -1.24. The topological polar surface area (TPSA) is 64.9 Å². The number of halogens is 1. The zero-order chi connectivity index (χ0) is 11.8. The maximum absolute atomic E-state index is 5.60. The molecule has 17 heavy (non-hydrogen) atoms. The van der Waals surface area contributed by atoms with Crippen LogP contribution >= 0.6 is 27.3 Å². The first-order chi connectivity index (χ1) is 8.28. The van der Waals surface area contributed by atoms with Gasteiger partial charge in [-0.25, -0.2) is 9.97 Å². The lowest BCUT2D eigenvalue weighted by Crippen LogP contribution is -1.96. The van der Waals surface area contributed by atoms with Gasteiger partial charge in [0.15, 0.2) is 12.0 Å². The number of nitrogens with two attached hydrogens (primary N) is 1. The summed E-state index contributed by atoms with van der Waals surface area (Å²) in [6, 6.07) is 5.84. The minimum Gasteiger partial charge on any atom is -0.443 e. The Morgan fingerprint density at radius 3 is 3.06 bits per heavy atom. The molecule has 0 aliphatic carbocycles. The van der Waals surface area contributed by atoms with Gasteiger partial charge in [-0.1, -0.05) is 0 Å². The van der Waals surface area contributed by atoms with Crippen molar-refractivity contribution in [2.45, 2.75) is 6.54 Å². The van der Waals surface area contributed by atoms with E-state index >= 15 is 0 Å². The third-order valence-electron chi connectivity index (χ3n) is 2.42. The van der Waals surface area contributed by atoms with Crippen LogP contribution in [-0.2, 0) is 6.54 Å². The summed E-state index contributed by atoms with van der Waals surface area (Å²) in [5, 5.41) is 0.927. The van der Waals surface area contributed by atoms with E-state index in [1.807, 2.05) is 18.2 Å². The Labute approximate surface area is 110 Å². The zero-order valence-electron chi connectivity index (χ0n) is 8.68. The summed E-state index contributed by atoms with van der Waals surface area (Å²) in [7, 11) is 0. The van der Waals surface area contributed by atoms with Crippen LogP contribution in [0.3, 0.4) is 0 Å². The normalized spacial score (nSPS) is 11.2. The Balaban J connectivity index is 2.12. The van der Waals surface area contributed by atoms with Gasteiger partial charge in [0.05, 0.1) is 9.48 Å². The molecule has 3 rings (SSSR count). The van der Waals surface area contributed by atoms with E-state index in [0.29, 0.717) is 6.54 Å². The smallest absolute Gasteiger partial charge is 0.181 e. The molecule has 4 nitrogen and oxygen atoms in total. The van der Waals surface area contributed by atoms with Gasteiger partial charge < -0.3 is 10.2 Å². The lowest BCUT2D eigenvalue weighted by molar-refractivity contribution is 0.602. The highest BCUT2D eigenvalue weighted by molar-refractivity contribution is 9.11. The zero-order valence-corrected chi connectivity index (χ0v) is 11.1. The molecule has 2 N–H and O–H groups in total. The molecule has 0 atom stereocenters. The predicted molar refractivity (Wildman–Crippen MR) is 70.7 cm³/mol. The molecule has 1 aromatic carbocycles. The van der Waals surface area contributed by atoms with Crippen molar-refractivity contribution < 1.29 is 4.42 Å². The van der Waals surface area contributed by atoms with E-state index in [1.54, 1.807) is 11.3 Å². The maximum atomic E-state index is 5.60. The first-order valence-electron chi connectivity index (χ1n) is 4.97. The molecular weight excluding hydrogens is 302 g/mol. The molecule has 0 unspecified atom stereocenters. The molecule has 0 spiro atoms. The standard InChI is InChI=1S/C11H8BrN3OS/c12-10-8(4-13)15-11(17-10)6-1-2-7-9(3-6)16-5-14-7/h1-3,5H,4,13H2. The fourth-order valence-corrected chi connectivity index (χ4v) is 3.10. The summed E-state index contributed by atoms with van der Waals surface area (Å²) >= 11 is 5.02. The Bertz CT molecular complexity index is 676. The second-order valence-corrected chi connectivity index (χ2v) is 5.80. The molecule has 2 heterocycles. The summed E-state index contributed by atoms with van der Waals surface area (Å²) in [6.45, 7) is 0.432. The summed E-state index contributed by atoms with van der Waals surface area (Å²) in [4.78, 5) is 8.55. The van der Waals surface area contributed by atoms with Gasteiger partial charge in [0.2, 0.25) is 0 Å². The van der Waals surface area contributed by atoms with Crippen LogP contribution in [-0.4, -0.2) is 9.97 Å². The Morgan fingerprint density at radius 2 is 2.29 bits per heavy atom. The SMILES string of the molecule is NCc1nc(-c2ccc3ncoc3c2)sc1Br. The van der Waals surface area contributed by atoms with Crippen LogP contribution in [0, 0.1) is 0 Å². The van der Waals surface area contributed by atoms with Crippen molar-refractivity contribution in [3.63, 3.8) is 0 Å². The first-order valence-corrected chi connectivity index (χ1v) is 6.58. The van der Waals surface area contributed by atoms with E-state index in [-0.39, 0.29) is 0 Å². The minimum absolute atomic E-state index is 0.432. The van der Waals surface area contributed by atoms with Crippen LogP contribution < -0.4 is 5.73 Å². The van der Waals surface area contributed by atoms with Crippen molar-refractivity contribution in [1.29, 1.82) is 0 Å². The third-order valence-corrected chi connectivity index (χ3v) is 4.30. The van der Waals surface area contributed by atoms with E-state index < -0.39 is 0 Å². The van der Waals surface area contributed by atoms with Crippen molar-refractivity contribution in [2.75, 3.05) is 0 Å². The highest BCUT2D eigenvalue weighted by atomic mass is 79.9. The van der Waals surface area contributed by atoms with Crippen LogP contribution in [0.4, 0.5) is 0 Å². The molecule has 0 saturated heterocycles. The Morgan fingerprint density at radius 1 is 1.41 bits per heavy atom. The molecule has 0 bridgehead atoms. The predicted octanol–water partition coefficient (Wildman–Crippen LogP) is 3.17. The van der Waals surface area contributed by atoms with E-state index in [9.17, 15) is 0 Å². The molecule has 86 valence electrons. The number of hydrogen-bond donors (Lipinski definition) is 1. The number of fused-ring (bicyclic) bond motifs is 1. The minimum atomic E-state index is 0.432. The molecule has 0 saturated carbocycles. The average Bonchev–Trinajstić information content (AvgIpc) is 2.93. The largest absolute Gasteiger partial charge is 0.443 e. The van der Waals surface area contributed by atoms with Gasteiger partial charge in [0, 0.05) is 12.1 Å². The van der Waals surface area contributed by atoms with E-state index in [1.165, 1.54) is 6.39 Å². The van der Waals surface area contributed by atoms with E-state index in [2.05, 4.69) is 25.9 Å². The van der Waals surface area contributed by atoms with Gasteiger partial charge in [-0.05, 0) is 34.1 Å². The number of benzene rings is 1. The summed E-state index contributed by atoms with van der Waals surface area (Å²) < 4.78 is 6.25. The van der Waals surface area contributed by atoms with Gasteiger partial charge in [-0.15, -0.1) is 11.3 Å². The van der Waals surface area contributed by atoms with Crippen LogP contribution in [0.15, 0.2) is 32.8 Å². The van der Waals surface area contributed by atoms with Gasteiger partial charge >= 0.3 is 0 Å². The van der Waals surface area contributed by atoms with E-state index in [0.717, 1.165) is 31.2 Å². The van der Waals surface area contributed by atoms with E-state index in [4.69, 9.17) is 10.2 Å².